The number of hydrogen-bond donors (Lipinski definition) is 2. The topological polar surface area (TPSA) is 35.5 Å². The monoisotopic (exact) mass is 212 g/mol. The van der Waals surface area contributed by atoms with Gasteiger partial charge in [-0.05, 0) is 38.3 Å². The molecule has 88 valence electrons. The van der Waals surface area contributed by atoms with Crippen molar-refractivity contribution >= 4 is 0 Å². The Labute approximate surface area is 92.8 Å². The van der Waals surface area contributed by atoms with Crippen LogP contribution in [0.1, 0.15) is 32.6 Å². The minimum absolute atomic E-state index is 0.108. The van der Waals surface area contributed by atoms with Crippen molar-refractivity contribution < 1.29 is 5.11 Å². The first-order valence-electron chi connectivity index (χ1n) is 6.41. The minimum Gasteiger partial charge on any atom is -0.392 e. The Balaban J connectivity index is 1.68. The average Bonchev–Trinajstić information content (AvgIpc) is 2.65. The molecule has 2 unspecified atom stereocenters. The fourth-order valence-corrected chi connectivity index (χ4v) is 2.83. The first-order chi connectivity index (χ1) is 7.28. The third kappa shape index (κ3) is 3.16. The van der Waals surface area contributed by atoms with Crippen LogP contribution in [-0.2, 0) is 0 Å². The van der Waals surface area contributed by atoms with Crippen LogP contribution in [0.2, 0.25) is 0 Å². The fourth-order valence-electron chi connectivity index (χ4n) is 2.83. The third-order valence-corrected chi connectivity index (χ3v) is 3.96. The van der Waals surface area contributed by atoms with E-state index in [-0.39, 0.29) is 6.10 Å². The van der Waals surface area contributed by atoms with Gasteiger partial charge in [-0.3, -0.25) is 0 Å². The molecule has 0 saturated carbocycles. The van der Waals surface area contributed by atoms with Crippen molar-refractivity contribution in [1.82, 2.24) is 10.2 Å². The van der Waals surface area contributed by atoms with Gasteiger partial charge in [-0.2, -0.15) is 0 Å². The van der Waals surface area contributed by atoms with Crippen LogP contribution >= 0.6 is 0 Å². The van der Waals surface area contributed by atoms with E-state index in [9.17, 15) is 5.11 Å². The van der Waals surface area contributed by atoms with Crippen LogP contribution in [-0.4, -0.2) is 48.3 Å². The number of nitrogens with zero attached hydrogens (tertiary/aromatic N) is 1. The molecule has 2 aliphatic rings. The Hall–Kier alpha value is -0.120. The number of rotatable bonds is 3. The lowest BCUT2D eigenvalue weighted by Gasteiger charge is -2.33. The van der Waals surface area contributed by atoms with Crippen LogP contribution in [0.4, 0.5) is 0 Å². The zero-order valence-electron chi connectivity index (χ0n) is 9.78. The predicted octanol–water partition coefficient (Wildman–Crippen LogP) is 0.831. The molecule has 2 heterocycles. The number of aliphatic hydroxyl groups is 1. The molecule has 0 bridgehead atoms. The summed E-state index contributed by atoms with van der Waals surface area (Å²) in [6.45, 7) is 6.73. The third-order valence-electron chi connectivity index (χ3n) is 3.96. The summed E-state index contributed by atoms with van der Waals surface area (Å²) in [5, 5.41) is 12.8. The standard InChI is InChI=1S/C12H24N2O/c1-2-10-3-5-14(6-4-10)9-11-7-12(15)8-13-11/h10-13,15H,2-9H2,1H3. The number of β-amino-alcohol motifs (C(OH)–C–C–N with tert-alkyl or cyclic N) is 1. The van der Waals surface area contributed by atoms with Crippen LogP contribution < -0.4 is 5.32 Å². The zero-order valence-corrected chi connectivity index (χ0v) is 9.78. The Bertz CT molecular complexity index is 190. The van der Waals surface area contributed by atoms with Crippen LogP contribution in [0.5, 0.6) is 0 Å². The highest BCUT2D eigenvalue weighted by Crippen LogP contribution is 2.20. The summed E-state index contributed by atoms with van der Waals surface area (Å²) in [6.07, 6.45) is 4.91. The molecule has 2 atom stereocenters. The summed E-state index contributed by atoms with van der Waals surface area (Å²) in [6, 6.07) is 0.526. The van der Waals surface area contributed by atoms with Crippen molar-refractivity contribution in [2.45, 2.75) is 44.8 Å². The first-order valence-corrected chi connectivity index (χ1v) is 6.41. The Kier molecular flexibility index (Phi) is 4.00. The second-order valence-corrected chi connectivity index (χ2v) is 5.15. The maximum absolute atomic E-state index is 9.43. The van der Waals surface area contributed by atoms with Crippen LogP contribution in [0.3, 0.4) is 0 Å². The lowest BCUT2D eigenvalue weighted by molar-refractivity contribution is 0.160. The summed E-state index contributed by atoms with van der Waals surface area (Å²) >= 11 is 0. The quantitative estimate of drug-likeness (QED) is 0.727. The normalized spacial score (nSPS) is 34.8. The molecule has 15 heavy (non-hydrogen) atoms. The minimum atomic E-state index is -0.108. The van der Waals surface area contributed by atoms with Crippen LogP contribution in [0.25, 0.3) is 0 Å². The van der Waals surface area contributed by atoms with Gasteiger partial charge in [0.25, 0.3) is 0 Å². The number of aliphatic hydroxyl groups excluding tert-OH is 1. The van der Waals surface area contributed by atoms with E-state index in [0.717, 1.165) is 25.4 Å². The maximum atomic E-state index is 9.43. The van der Waals surface area contributed by atoms with Crippen LogP contribution in [0, 0.1) is 5.92 Å². The Morgan fingerprint density at radius 1 is 1.33 bits per heavy atom. The van der Waals surface area contributed by atoms with E-state index in [4.69, 9.17) is 0 Å². The molecule has 0 amide bonds. The van der Waals surface area contributed by atoms with Crippen molar-refractivity contribution in [3.05, 3.63) is 0 Å². The molecule has 0 aliphatic carbocycles. The molecule has 2 aliphatic heterocycles. The highest BCUT2D eigenvalue weighted by molar-refractivity contribution is 4.84. The molecule has 0 aromatic carbocycles. The number of piperidine rings is 1. The highest BCUT2D eigenvalue weighted by Gasteiger charge is 2.25. The molecular formula is C12H24N2O. The number of hydrogen-bond acceptors (Lipinski definition) is 3. The van der Waals surface area contributed by atoms with E-state index in [0.29, 0.717) is 6.04 Å². The first kappa shape index (κ1) is 11.4. The Morgan fingerprint density at radius 2 is 2.07 bits per heavy atom. The molecule has 0 radical (unpaired) electrons. The predicted molar refractivity (Wildman–Crippen MR) is 61.9 cm³/mol. The summed E-state index contributed by atoms with van der Waals surface area (Å²) in [5.41, 5.74) is 0. The summed E-state index contributed by atoms with van der Waals surface area (Å²) in [4.78, 5) is 2.56. The van der Waals surface area contributed by atoms with Crippen molar-refractivity contribution in [2.75, 3.05) is 26.2 Å². The largest absolute Gasteiger partial charge is 0.392 e. The molecule has 2 rings (SSSR count). The molecule has 3 heteroatoms. The van der Waals surface area contributed by atoms with Gasteiger partial charge in [-0.25, -0.2) is 0 Å². The Morgan fingerprint density at radius 3 is 2.60 bits per heavy atom. The van der Waals surface area contributed by atoms with E-state index >= 15 is 0 Å². The number of likely N-dealkylation sites (tertiary alicyclic amines) is 1. The average molecular weight is 212 g/mol. The van der Waals surface area contributed by atoms with Gasteiger partial charge >= 0.3 is 0 Å². The van der Waals surface area contributed by atoms with Gasteiger partial charge in [0, 0.05) is 19.1 Å². The molecular weight excluding hydrogens is 188 g/mol. The fraction of sp³-hybridized carbons (Fsp3) is 1.00. The number of nitrogens with one attached hydrogen (secondary N) is 1. The van der Waals surface area contributed by atoms with Gasteiger partial charge in [0.2, 0.25) is 0 Å². The molecule has 2 N–H and O–H groups in total. The van der Waals surface area contributed by atoms with E-state index in [1.807, 2.05) is 0 Å². The van der Waals surface area contributed by atoms with Crippen molar-refractivity contribution in [3.63, 3.8) is 0 Å². The van der Waals surface area contributed by atoms with Crippen molar-refractivity contribution in [3.8, 4) is 0 Å². The second kappa shape index (κ2) is 5.28. The SMILES string of the molecule is CCC1CCN(CC2CC(O)CN2)CC1. The summed E-state index contributed by atoms with van der Waals surface area (Å²) < 4.78 is 0. The van der Waals surface area contributed by atoms with Crippen molar-refractivity contribution in [1.29, 1.82) is 0 Å². The molecule has 3 nitrogen and oxygen atoms in total. The van der Waals surface area contributed by atoms with E-state index in [1.165, 1.54) is 32.4 Å². The summed E-state index contributed by atoms with van der Waals surface area (Å²) in [5.74, 6) is 0.961. The zero-order chi connectivity index (χ0) is 10.7. The summed E-state index contributed by atoms with van der Waals surface area (Å²) in [7, 11) is 0. The lowest BCUT2D eigenvalue weighted by atomic mass is 9.94. The maximum Gasteiger partial charge on any atom is 0.0680 e. The van der Waals surface area contributed by atoms with E-state index in [2.05, 4.69) is 17.1 Å². The van der Waals surface area contributed by atoms with Crippen LogP contribution in [0.15, 0.2) is 0 Å². The highest BCUT2D eigenvalue weighted by atomic mass is 16.3. The van der Waals surface area contributed by atoms with Gasteiger partial charge in [-0.15, -0.1) is 0 Å². The molecule has 2 saturated heterocycles. The van der Waals surface area contributed by atoms with E-state index in [1.54, 1.807) is 0 Å². The molecule has 2 fully saturated rings. The van der Waals surface area contributed by atoms with Gasteiger partial charge < -0.3 is 15.3 Å². The molecule has 0 aromatic heterocycles. The van der Waals surface area contributed by atoms with Gasteiger partial charge in [0.05, 0.1) is 6.10 Å². The molecule has 0 spiro atoms. The van der Waals surface area contributed by atoms with E-state index < -0.39 is 0 Å². The van der Waals surface area contributed by atoms with Crippen molar-refractivity contribution in [2.24, 2.45) is 5.92 Å². The molecule has 0 aromatic rings. The van der Waals surface area contributed by atoms with Gasteiger partial charge in [0.1, 0.15) is 0 Å². The smallest absolute Gasteiger partial charge is 0.0680 e. The second-order valence-electron chi connectivity index (χ2n) is 5.15. The lowest BCUT2D eigenvalue weighted by Crippen LogP contribution is -2.41. The van der Waals surface area contributed by atoms with Gasteiger partial charge in [-0.1, -0.05) is 13.3 Å². The van der Waals surface area contributed by atoms with Gasteiger partial charge in [0.15, 0.2) is 0 Å².